The summed E-state index contributed by atoms with van der Waals surface area (Å²) in [6.07, 6.45) is 0. The van der Waals surface area contributed by atoms with Crippen LogP contribution in [0, 0.1) is 12.7 Å². The van der Waals surface area contributed by atoms with Crippen LogP contribution in [-0.2, 0) is 6.54 Å². The van der Waals surface area contributed by atoms with Crippen molar-refractivity contribution in [2.24, 2.45) is 0 Å². The summed E-state index contributed by atoms with van der Waals surface area (Å²) in [5.41, 5.74) is 2.93. The Balaban J connectivity index is 1.44. The summed E-state index contributed by atoms with van der Waals surface area (Å²) in [7, 11) is 0. The molecule has 0 aliphatic heterocycles. The number of benzene rings is 2. The van der Waals surface area contributed by atoms with Crippen LogP contribution >= 0.6 is 34.3 Å². The number of rotatable bonds is 5. The normalized spacial score (nSPS) is 11.1. The molecule has 0 fully saturated rings. The van der Waals surface area contributed by atoms with Crippen LogP contribution in [0.25, 0.3) is 31.7 Å². The molecule has 5 rings (SSSR count). The van der Waals surface area contributed by atoms with Crippen molar-refractivity contribution in [3.8, 4) is 31.7 Å². The van der Waals surface area contributed by atoms with E-state index < -0.39 is 0 Å². The van der Waals surface area contributed by atoms with Crippen molar-refractivity contribution in [2.45, 2.75) is 13.5 Å². The third kappa shape index (κ3) is 4.61. The summed E-state index contributed by atoms with van der Waals surface area (Å²) < 4.78 is 14.5. The van der Waals surface area contributed by atoms with Gasteiger partial charge in [-0.15, -0.1) is 21.5 Å². The van der Waals surface area contributed by atoms with Gasteiger partial charge in [-0.1, -0.05) is 35.1 Å². The molecule has 0 atom stereocenters. The van der Waals surface area contributed by atoms with Gasteiger partial charge in [-0.2, -0.15) is 5.10 Å². The van der Waals surface area contributed by atoms with Gasteiger partial charge >= 0.3 is 0 Å². The number of halogens is 2. The summed E-state index contributed by atoms with van der Waals surface area (Å²) in [5, 5.41) is 15.6. The van der Waals surface area contributed by atoms with Crippen LogP contribution < -0.4 is 5.56 Å². The monoisotopic (exact) mass is 495 g/mol. The summed E-state index contributed by atoms with van der Waals surface area (Å²) >= 11 is 8.95. The summed E-state index contributed by atoms with van der Waals surface area (Å²) in [4.78, 5) is 18.0. The largest absolute Gasteiger partial charge is 0.268 e. The fourth-order valence-corrected chi connectivity index (χ4v) is 5.26. The second-order valence-electron chi connectivity index (χ2n) is 7.17. The quantitative estimate of drug-likeness (QED) is 0.312. The van der Waals surface area contributed by atoms with Gasteiger partial charge in [0.05, 0.1) is 17.1 Å². The fourth-order valence-electron chi connectivity index (χ4n) is 3.22. The Hall–Kier alpha value is -3.27. The Morgan fingerprint density at radius 1 is 0.970 bits per heavy atom. The van der Waals surface area contributed by atoms with Crippen LogP contribution in [0.3, 0.4) is 0 Å². The zero-order valence-electron chi connectivity index (χ0n) is 17.2. The zero-order chi connectivity index (χ0) is 22.9. The van der Waals surface area contributed by atoms with Gasteiger partial charge < -0.3 is 0 Å². The van der Waals surface area contributed by atoms with Crippen molar-refractivity contribution in [3.63, 3.8) is 0 Å². The SMILES string of the molecule is Cc1nc(-c2cccc(Cl)c2)sc1-c1ccc(=O)n(Cc2nnc(-c3ccc(F)cc3)s2)n1. The van der Waals surface area contributed by atoms with Gasteiger partial charge in [0.15, 0.2) is 0 Å². The van der Waals surface area contributed by atoms with E-state index in [-0.39, 0.29) is 17.9 Å². The van der Waals surface area contributed by atoms with Crippen LogP contribution in [0.1, 0.15) is 10.7 Å². The van der Waals surface area contributed by atoms with Crippen LogP contribution in [0.15, 0.2) is 65.5 Å². The van der Waals surface area contributed by atoms with Gasteiger partial charge in [-0.05, 0) is 49.4 Å². The maximum Gasteiger partial charge on any atom is 0.267 e. The topological polar surface area (TPSA) is 73.6 Å². The molecule has 0 aliphatic rings. The molecule has 0 saturated carbocycles. The molecular weight excluding hydrogens is 481 g/mol. The summed E-state index contributed by atoms with van der Waals surface area (Å²) in [6.45, 7) is 2.10. The second kappa shape index (κ2) is 8.93. The molecule has 0 aliphatic carbocycles. The molecule has 6 nitrogen and oxygen atoms in total. The van der Waals surface area contributed by atoms with E-state index in [1.165, 1.54) is 45.6 Å². The molecule has 0 unspecified atom stereocenters. The van der Waals surface area contributed by atoms with Gasteiger partial charge in [-0.25, -0.2) is 14.1 Å². The van der Waals surface area contributed by atoms with Crippen LogP contribution in [0.2, 0.25) is 5.02 Å². The molecule has 2 aromatic carbocycles. The lowest BCUT2D eigenvalue weighted by Crippen LogP contribution is -2.22. The molecule has 0 spiro atoms. The average Bonchev–Trinajstić information content (AvgIpc) is 3.43. The van der Waals surface area contributed by atoms with Crippen LogP contribution in [-0.4, -0.2) is 25.0 Å². The number of aryl methyl sites for hydroxylation is 1. The predicted octanol–water partition coefficient (Wildman–Crippen LogP) is 5.70. The number of hydrogen-bond donors (Lipinski definition) is 0. The number of thiazole rings is 1. The van der Waals surface area contributed by atoms with E-state index in [4.69, 9.17) is 11.6 Å². The lowest BCUT2D eigenvalue weighted by atomic mass is 10.2. The maximum atomic E-state index is 13.2. The van der Waals surface area contributed by atoms with Crippen LogP contribution in [0.5, 0.6) is 0 Å². The minimum atomic E-state index is -0.312. The molecule has 5 aromatic rings. The Labute approximate surface area is 201 Å². The molecule has 3 heterocycles. The van der Waals surface area contributed by atoms with E-state index in [9.17, 15) is 9.18 Å². The minimum Gasteiger partial charge on any atom is -0.268 e. The third-order valence-corrected chi connectivity index (χ3v) is 7.23. The smallest absolute Gasteiger partial charge is 0.267 e. The highest BCUT2D eigenvalue weighted by atomic mass is 35.5. The van der Waals surface area contributed by atoms with E-state index >= 15 is 0 Å². The van der Waals surface area contributed by atoms with Crippen molar-refractivity contribution in [2.75, 3.05) is 0 Å². The van der Waals surface area contributed by atoms with Crippen molar-refractivity contribution in [1.82, 2.24) is 25.0 Å². The van der Waals surface area contributed by atoms with Gasteiger partial charge in [-0.3, -0.25) is 4.79 Å². The average molecular weight is 496 g/mol. The summed E-state index contributed by atoms with van der Waals surface area (Å²) in [6, 6.07) is 16.8. The molecule has 164 valence electrons. The third-order valence-electron chi connectivity index (χ3n) is 4.81. The Morgan fingerprint density at radius 3 is 2.58 bits per heavy atom. The fraction of sp³-hybridized carbons (Fsp3) is 0.0870. The Morgan fingerprint density at radius 2 is 1.79 bits per heavy atom. The van der Waals surface area contributed by atoms with Crippen molar-refractivity contribution in [3.05, 3.63) is 92.6 Å². The van der Waals surface area contributed by atoms with Gasteiger partial charge in [0.2, 0.25) is 0 Å². The van der Waals surface area contributed by atoms with Crippen molar-refractivity contribution in [1.29, 1.82) is 0 Å². The number of aromatic nitrogens is 5. The van der Waals surface area contributed by atoms with Crippen molar-refractivity contribution >= 4 is 34.3 Å². The molecule has 3 aromatic heterocycles. The Kier molecular flexibility index (Phi) is 5.84. The zero-order valence-corrected chi connectivity index (χ0v) is 19.6. The molecule has 0 amide bonds. The first-order valence-electron chi connectivity index (χ1n) is 9.86. The molecule has 0 N–H and O–H groups in total. The molecule has 0 radical (unpaired) electrons. The number of nitrogens with zero attached hydrogens (tertiary/aromatic N) is 5. The lowest BCUT2D eigenvalue weighted by molar-refractivity contribution is 0.628. The molecule has 10 heteroatoms. The van der Waals surface area contributed by atoms with Crippen LogP contribution in [0.4, 0.5) is 4.39 Å². The first-order valence-corrected chi connectivity index (χ1v) is 11.9. The van der Waals surface area contributed by atoms with Crippen molar-refractivity contribution < 1.29 is 4.39 Å². The van der Waals surface area contributed by atoms with Gasteiger partial charge in [0.25, 0.3) is 5.56 Å². The highest BCUT2D eigenvalue weighted by Crippen LogP contribution is 2.34. The molecule has 0 bridgehead atoms. The molecule has 0 saturated heterocycles. The van der Waals surface area contributed by atoms with E-state index in [0.717, 1.165) is 26.7 Å². The van der Waals surface area contributed by atoms with E-state index in [2.05, 4.69) is 20.3 Å². The van der Waals surface area contributed by atoms with Gasteiger partial charge in [0.1, 0.15) is 26.5 Å². The van der Waals surface area contributed by atoms with E-state index in [1.54, 1.807) is 18.2 Å². The highest BCUT2D eigenvalue weighted by Gasteiger charge is 2.15. The molecule has 33 heavy (non-hydrogen) atoms. The standard InChI is InChI=1S/C23H15ClFN5OS2/c1-13-21(33-22(26-13)15-3-2-4-16(24)11-15)18-9-10-20(31)30(29-18)12-19-27-28-23(32-19)14-5-7-17(25)8-6-14/h2-11H,12H2,1H3. The first kappa shape index (κ1) is 21.6. The first-order chi connectivity index (χ1) is 16.0. The Bertz CT molecular complexity index is 1510. The van der Waals surface area contributed by atoms with Gasteiger partial charge in [0, 0.05) is 22.2 Å². The highest BCUT2D eigenvalue weighted by molar-refractivity contribution is 7.18. The number of hydrogen-bond acceptors (Lipinski definition) is 7. The summed E-state index contributed by atoms with van der Waals surface area (Å²) in [5.74, 6) is -0.312. The van der Waals surface area contributed by atoms with E-state index in [0.29, 0.717) is 20.7 Å². The maximum absolute atomic E-state index is 13.2. The molecular formula is C23H15ClFN5OS2. The van der Waals surface area contributed by atoms with E-state index in [1.807, 2.05) is 31.2 Å². The second-order valence-corrected chi connectivity index (χ2v) is 9.66. The lowest BCUT2D eigenvalue weighted by Gasteiger charge is -2.04. The predicted molar refractivity (Wildman–Crippen MR) is 129 cm³/mol. The minimum absolute atomic E-state index is 0.185.